The van der Waals surface area contributed by atoms with Crippen LogP contribution in [0.3, 0.4) is 0 Å². The van der Waals surface area contributed by atoms with Gasteiger partial charge in [0.25, 0.3) is 0 Å². The highest BCUT2D eigenvalue weighted by atomic mass is 32.1. The average molecular weight is 761 g/mol. The molecule has 8 amide bonds. The van der Waals surface area contributed by atoms with Crippen molar-refractivity contribution in [2.24, 2.45) is 5.73 Å². The molecule has 0 fully saturated rings. The van der Waals surface area contributed by atoms with E-state index in [1.165, 1.54) is 65.1 Å². The number of primary amides is 1. The second kappa shape index (κ2) is 20.7. The highest BCUT2D eigenvalue weighted by Crippen LogP contribution is 2.15. The van der Waals surface area contributed by atoms with Gasteiger partial charge in [0.1, 0.15) is 42.0 Å². The number of nitrogens with one attached hydrogen (secondary N) is 8. The molecule has 0 aliphatic carbocycles. The molecule has 1 aromatic carbocycles. The standard InChI is InChI=1S/C32H44N10O10S/c1-15(26(33)47)39-27(48)16(2)37-24(45)12-34-31(52)23(10-20-6-8-21(44)9-7-20)42-30(51)19(5)41-29(50)18(4)40-28(49)17(3)38-25(46)13-36-32-35-11-22(14-43)53-32/h6-9,11,14-19,23,44H,10,12-13H2,1-5H3,(H2,33,47)(H,34,52)(H,35,36)(H,37,45)(H,38,46)(H,39,48)(H,40,49)(H,41,50)(H,42,51)/t15-,16?,17-,18?,19-,23-/m0/s1. The molecule has 21 heteroatoms. The van der Waals surface area contributed by atoms with Crippen molar-refractivity contribution in [3.63, 3.8) is 0 Å². The number of thiazole rings is 1. The minimum absolute atomic E-state index is 0.0353. The van der Waals surface area contributed by atoms with Gasteiger partial charge in [0.05, 0.1) is 24.2 Å². The molecule has 0 saturated heterocycles. The summed E-state index contributed by atoms with van der Waals surface area (Å²) in [5.41, 5.74) is 5.65. The van der Waals surface area contributed by atoms with Gasteiger partial charge < -0.3 is 53.4 Å². The molecule has 0 aliphatic heterocycles. The lowest BCUT2D eigenvalue weighted by Crippen LogP contribution is -2.57. The zero-order valence-electron chi connectivity index (χ0n) is 29.6. The van der Waals surface area contributed by atoms with Gasteiger partial charge in [-0.3, -0.25) is 43.2 Å². The van der Waals surface area contributed by atoms with Crippen molar-refractivity contribution in [1.29, 1.82) is 0 Å². The molecule has 11 N–H and O–H groups in total. The van der Waals surface area contributed by atoms with Gasteiger partial charge in [0, 0.05) is 6.42 Å². The van der Waals surface area contributed by atoms with Crippen LogP contribution in [0.1, 0.15) is 49.9 Å². The summed E-state index contributed by atoms with van der Waals surface area (Å²) in [4.78, 5) is 115. The molecule has 0 saturated carbocycles. The van der Waals surface area contributed by atoms with Gasteiger partial charge in [-0.05, 0) is 52.3 Å². The summed E-state index contributed by atoms with van der Waals surface area (Å²) in [6.07, 6.45) is 1.87. The fourth-order valence-corrected chi connectivity index (χ4v) is 4.80. The van der Waals surface area contributed by atoms with E-state index in [-0.39, 0.29) is 18.7 Å². The van der Waals surface area contributed by atoms with Crippen molar-refractivity contribution < 1.29 is 48.3 Å². The number of carbonyl (C=O) groups excluding carboxylic acids is 9. The first-order valence-electron chi connectivity index (χ1n) is 16.2. The SMILES string of the molecule is CC(NC(=O)CNC(=O)[C@H](Cc1ccc(O)cc1)NC(=O)[C@H](C)NC(=O)C(C)NC(=O)[C@H](C)NC(=O)CNc1ncc(C=O)s1)C(=O)N[C@@H](C)C(N)=O. The van der Waals surface area contributed by atoms with Crippen molar-refractivity contribution in [2.75, 3.05) is 18.4 Å². The Bertz CT molecular complexity index is 1670. The molecule has 2 unspecified atom stereocenters. The first-order valence-corrected chi connectivity index (χ1v) is 17.0. The first kappa shape index (κ1) is 43.0. The summed E-state index contributed by atoms with van der Waals surface area (Å²) < 4.78 is 0. The van der Waals surface area contributed by atoms with E-state index < -0.39 is 90.1 Å². The monoisotopic (exact) mass is 760 g/mol. The highest BCUT2D eigenvalue weighted by Gasteiger charge is 2.28. The number of carbonyl (C=O) groups is 9. The lowest BCUT2D eigenvalue weighted by Gasteiger charge is -2.23. The number of benzene rings is 1. The zero-order chi connectivity index (χ0) is 39.8. The molecule has 2 rings (SSSR count). The second-order valence-corrected chi connectivity index (χ2v) is 12.9. The van der Waals surface area contributed by atoms with Gasteiger partial charge in [-0.25, -0.2) is 4.98 Å². The van der Waals surface area contributed by atoms with Gasteiger partial charge in [-0.2, -0.15) is 0 Å². The quantitative estimate of drug-likeness (QED) is 0.0602. The maximum absolute atomic E-state index is 13.2. The molecular weight excluding hydrogens is 716 g/mol. The van der Waals surface area contributed by atoms with Gasteiger partial charge in [0.15, 0.2) is 11.4 Å². The smallest absolute Gasteiger partial charge is 0.243 e. The lowest BCUT2D eigenvalue weighted by molar-refractivity contribution is -0.134. The Balaban J connectivity index is 1.93. The molecule has 0 aliphatic rings. The summed E-state index contributed by atoms with van der Waals surface area (Å²) in [5.74, 6) is -5.84. The minimum Gasteiger partial charge on any atom is -0.508 e. The van der Waals surface area contributed by atoms with E-state index in [0.29, 0.717) is 21.9 Å². The van der Waals surface area contributed by atoms with E-state index >= 15 is 0 Å². The van der Waals surface area contributed by atoms with E-state index in [0.717, 1.165) is 11.3 Å². The largest absolute Gasteiger partial charge is 0.508 e. The van der Waals surface area contributed by atoms with Gasteiger partial charge >= 0.3 is 0 Å². The minimum atomic E-state index is -1.27. The van der Waals surface area contributed by atoms with Crippen LogP contribution >= 0.6 is 11.3 Å². The molecule has 288 valence electrons. The van der Waals surface area contributed by atoms with E-state index in [1.807, 2.05) is 0 Å². The van der Waals surface area contributed by atoms with Crippen molar-refractivity contribution in [2.45, 2.75) is 77.3 Å². The Morgan fingerprint density at radius 2 is 1.17 bits per heavy atom. The Morgan fingerprint density at radius 3 is 1.66 bits per heavy atom. The van der Waals surface area contributed by atoms with Crippen LogP contribution in [0, 0.1) is 0 Å². The topological polar surface area (TPSA) is 309 Å². The lowest BCUT2D eigenvalue weighted by atomic mass is 10.0. The summed E-state index contributed by atoms with van der Waals surface area (Å²) in [6.45, 7) is 6.00. The number of amides is 8. The predicted molar refractivity (Wildman–Crippen MR) is 190 cm³/mol. The van der Waals surface area contributed by atoms with E-state index in [1.54, 1.807) is 0 Å². The molecule has 0 bridgehead atoms. The van der Waals surface area contributed by atoms with Crippen LogP contribution in [0.25, 0.3) is 0 Å². The number of aldehydes is 1. The maximum atomic E-state index is 13.2. The Kier molecular flexibility index (Phi) is 16.8. The van der Waals surface area contributed by atoms with Crippen LogP contribution in [0.2, 0.25) is 0 Å². The summed E-state index contributed by atoms with van der Waals surface area (Å²) >= 11 is 1.04. The van der Waals surface area contributed by atoms with E-state index in [9.17, 15) is 48.3 Å². The van der Waals surface area contributed by atoms with Crippen LogP contribution in [-0.2, 0) is 44.8 Å². The van der Waals surface area contributed by atoms with Crippen LogP contribution in [0.5, 0.6) is 5.75 Å². The summed E-state index contributed by atoms with van der Waals surface area (Å²) in [6, 6.07) is -0.950. The number of phenolic OH excluding ortho intramolecular Hbond substituents is 1. The number of anilines is 1. The predicted octanol–water partition coefficient (Wildman–Crippen LogP) is -3.07. The number of nitrogens with zero attached hydrogens (tertiary/aromatic N) is 1. The second-order valence-electron chi connectivity index (χ2n) is 11.9. The molecular formula is C32H44N10O10S. The number of rotatable bonds is 20. The fourth-order valence-electron chi connectivity index (χ4n) is 4.18. The Labute approximate surface area is 308 Å². The molecule has 0 radical (unpaired) electrons. The number of phenols is 1. The molecule has 1 aromatic heterocycles. The molecule has 1 heterocycles. The third kappa shape index (κ3) is 14.9. The zero-order valence-corrected chi connectivity index (χ0v) is 30.4. The first-order chi connectivity index (χ1) is 24.9. The maximum Gasteiger partial charge on any atom is 0.243 e. The van der Waals surface area contributed by atoms with Gasteiger partial charge in [-0.15, -0.1) is 0 Å². The summed E-state index contributed by atoms with van der Waals surface area (Å²) in [5, 5.41) is 29.6. The molecule has 20 nitrogen and oxygen atoms in total. The third-order valence-electron chi connectivity index (χ3n) is 7.30. The average Bonchev–Trinajstić information content (AvgIpc) is 3.58. The van der Waals surface area contributed by atoms with Crippen molar-refractivity contribution in [1.82, 2.24) is 42.2 Å². The van der Waals surface area contributed by atoms with Crippen molar-refractivity contribution >= 4 is 70.0 Å². The molecule has 53 heavy (non-hydrogen) atoms. The number of aromatic hydroxyl groups is 1. The van der Waals surface area contributed by atoms with Crippen LogP contribution in [0.4, 0.5) is 5.13 Å². The Hall–Kier alpha value is -6.12. The number of aromatic nitrogens is 1. The van der Waals surface area contributed by atoms with Gasteiger partial charge in [-0.1, -0.05) is 23.5 Å². The van der Waals surface area contributed by atoms with E-state index in [2.05, 4.69) is 47.5 Å². The number of nitrogens with two attached hydrogens (primary N) is 1. The van der Waals surface area contributed by atoms with Crippen molar-refractivity contribution in [3.8, 4) is 5.75 Å². The highest BCUT2D eigenvalue weighted by molar-refractivity contribution is 7.17. The Morgan fingerprint density at radius 1 is 0.698 bits per heavy atom. The molecule has 6 atom stereocenters. The number of hydrogen-bond donors (Lipinski definition) is 10. The number of hydrogen-bond acceptors (Lipinski definition) is 13. The normalized spacial score (nSPS) is 14.0. The van der Waals surface area contributed by atoms with Crippen LogP contribution in [-0.4, -0.2) is 113 Å². The van der Waals surface area contributed by atoms with Crippen LogP contribution in [0.15, 0.2) is 30.5 Å². The molecule has 0 spiro atoms. The van der Waals surface area contributed by atoms with Gasteiger partial charge in [0.2, 0.25) is 47.3 Å². The van der Waals surface area contributed by atoms with Crippen molar-refractivity contribution in [3.05, 3.63) is 40.9 Å². The molecule has 2 aromatic rings. The van der Waals surface area contributed by atoms with Crippen LogP contribution < -0.4 is 48.3 Å². The van der Waals surface area contributed by atoms with E-state index in [4.69, 9.17) is 5.73 Å². The fraction of sp³-hybridized carbons (Fsp3) is 0.438. The summed E-state index contributed by atoms with van der Waals surface area (Å²) in [7, 11) is 0. The third-order valence-corrected chi connectivity index (χ3v) is 8.18.